The van der Waals surface area contributed by atoms with Gasteiger partial charge in [0.1, 0.15) is 0 Å². The summed E-state index contributed by atoms with van der Waals surface area (Å²) < 4.78 is 24.2. The molecule has 5 nitrogen and oxygen atoms in total. The molecule has 0 unspecified atom stereocenters. The number of amides is 1. The quantitative estimate of drug-likeness (QED) is 0.651. The Hall–Kier alpha value is -2.25. The zero-order chi connectivity index (χ0) is 21.0. The monoisotopic (exact) mass is 428 g/mol. The molecule has 1 aliphatic carbocycles. The van der Waals surface area contributed by atoms with Crippen LogP contribution in [0.1, 0.15) is 44.2 Å². The Morgan fingerprint density at radius 2 is 1.83 bits per heavy atom. The minimum atomic E-state index is -3.27. The molecule has 2 aromatic carbocycles. The normalized spacial score (nSPS) is 19.3. The zero-order valence-electron chi connectivity index (χ0n) is 16.9. The van der Waals surface area contributed by atoms with Crippen molar-refractivity contribution >= 4 is 42.4 Å². The van der Waals surface area contributed by atoms with Crippen molar-refractivity contribution < 1.29 is 13.2 Å². The van der Waals surface area contributed by atoms with Crippen molar-refractivity contribution in [3.63, 3.8) is 0 Å². The van der Waals surface area contributed by atoms with Gasteiger partial charge in [0.2, 0.25) is 5.91 Å². The fourth-order valence-corrected chi connectivity index (χ4v) is 5.10. The highest BCUT2D eigenvalue weighted by Crippen LogP contribution is 2.48. The summed E-state index contributed by atoms with van der Waals surface area (Å²) in [6, 6.07) is 13.4. The fourth-order valence-electron chi connectivity index (χ4n) is 3.47. The average Bonchev–Trinajstić information content (AvgIpc) is 3.33. The van der Waals surface area contributed by atoms with Gasteiger partial charge in [0, 0.05) is 12.2 Å². The van der Waals surface area contributed by atoms with Gasteiger partial charge >= 0.3 is 0 Å². The Kier molecular flexibility index (Phi) is 4.78. The number of carbonyl (C=O) groups is 1. The second-order valence-corrected chi connectivity index (χ2v) is 11.8. The molecule has 1 N–H and O–H groups in total. The largest absolute Gasteiger partial charge is 0.302 e. The van der Waals surface area contributed by atoms with Gasteiger partial charge in [-0.1, -0.05) is 56.4 Å². The third-order valence-corrected chi connectivity index (χ3v) is 7.39. The van der Waals surface area contributed by atoms with E-state index in [0.717, 1.165) is 11.1 Å². The molecule has 3 aromatic rings. The SMILES string of the molecule is CC(C)(C)c1ccc([C@@H]2C[C@H]2C(=O)Nc2nc3ccc(S(C)(=O)=O)cc3s2)cc1. The van der Waals surface area contributed by atoms with Crippen molar-refractivity contribution in [2.75, 3.05) is 11.6 Å². The lowest BCUT2D eigenvalue weighted by Gasteiger charge is -2.19. The number of rotatable bonds is 4. The molecule has 2 atom stereocenters. The molecule has 0 bridgehead atoms. The molecule has 0 saturated heterocycles. The third kappa shape index (κ3) is 4.21. The standard InChI is InChI=1S/C22H24N2O3S2/c1-22(2,3)14-7-5-13(6-8-14)16-12-17(16)20(25)24-21-23-18-10-9-15(29(4,26)27)11-19(18)28-21/h5-11,16-17H,12H2,1-4H3,(H,23,24,25)/t16-,17+/m0/s1. The molecular formula is C22H24N2O3S2. The van der Waals surface area contributed by atoms with Gasteiger partial charge < -0.3 is 5.32 Å². The number of benzene rings is 2. The Balaban J connectivity index is 1.45. The van der Waals surface area contributed by atoms with Gasteiger partial charge in [0.15, 0.2) is 15.0 Å². The summed E-state index contributed by atoms with van der Waals surface area (Å²) >= 11 is 1.30. The van der Waals surface area contributed by atoms with E-state index in [4.69, 9.17) is 0 Å². The first kappa shape index (κ1) is 20.0. The molecule has 1 saturated carbocycles. The van der Waals surface area contributed by atoms with Crippen molar-refractivity contribution in [2.24, 2.45) is 5.92 Å². The van der Waals surface area contributed by atoms with Crippen LogP contribution in [0.2, 0.25) is 0 Å². The number of aromatic nitrogens is 1. The molecular weight excluding hydrogens is 404 g/mol. The number of thiazole rings is 1. The van der Waals surface area contributed by atoms with E-state index < -0.39 is 9.84 Å². The van der Waals surface area contributed by atoms with Crippen LogP contribution < -0.4 is 5.32 Å². The number of hydrogen-bond acceptors (Lipinski definition) is 5. The molecule has 0 radical (unpaired) electrons. The summed E-state index contributed by atoms with van der Waals surface area (Å²) in [5, 5.41) is 3.41. The molecule has 1 amide bonds. The molecule has 1 fully saturated rings. The number of sulfone groups is 1. The molecule has 4 rings (SSSR count). The topological polar surface area (TPSA) is 76.1 Å². The Morgan fingerprint density at radius 3 is 2.45 bits per heavy atom. The van der Waals surface area contributed by atoms with Crippen molar-refractivity contribution in [1.82, 2.24) is 4.98 Å². The minimum absolute atomic E-state index is 0.0303. The highest BCUT2D eigenvalue weighted by atomic mass is 32.2. The number of nitrogens with zero attached hydrogens (tertiary/aromatic N) is 1. The predicted octanol–water partition coefficient (Wildman–Crippen LogP) is 4.74. The smallest absolute Gasteiger partial charge is 0.229 e. The van der Waals surface area contributed by atoms with Gasteiger partial charge in [-0.3, -0.25) is 4.79 Å². The predicted molar refractivity (Wildman–Crippen MR) is 117 cm³/mol. The van der Waals surface area contributed by atoms with Crippen molar-refractivity contribution in [1.29, 1.82) is 0 Å². The van der Waals surface area contributed by atoms with E-state index in [2.05, 4.69) is 55.3 Å². The number of carbonyl (C=O) groups excluding carboxylic acids is 1. The van der Waals surface area contributed by atoms with Gasteiger partial charge in [0.05, 0.1) is 15.1 Å². The summed E-state index contributed by atoms with van der Waals surface area (Å²) in [6.45, 7) is 6.56. The second kappa shape index (κ2) is 6.92. The summed E-state index contributed by atoms with van der Waals surface area (Å²) in [7, 11) is -3.27. The maximum atomic E-state index is 12.6. The van der Waals surface area contributed by atoms with Crippen LogP contribution in [0.5, 0.6) is 0 Å². The fraction of sp³-hybridized carbons (Fsp3) is 0.364. The van der Waals surface area contributed by atoms with Gasteiger partial charge in [-0.05, 0) is 47.1 Å². The Bertz CT molecular complexity index is 1190. The highest BCUT2D eigenvalue weighted by molar-refractivity contribution is 7.90. The van der Waals surface area contributed by atoms with E-state index in [1.165, 1.54) is 28.7 Å². The molecule has 1 heterocycles. The minimum Gasteiger partial charge on any atom is -0.302 e. The Labute approximate surface area is 175 Å². The lowest BCUT2D eigenvalue weighted by atomic mass is 9.86. The van der Waals surface area contributed by atoms with E-state index in [0.29, 0.717) is 10.6 Å². The van der Waals surface area contributed by atoms with Crippen LogP contribution in [-0.2, 0) is 20.0 Å². The number of hydrogen-bond donors (Lipinski definition) is 1. The zero-order valence-corrected chi connectivity index (χ0v) is 18.5. The van der Waals surface area contributed by atoms with E-state index >= 15 is 0 Å². The molecule has 0 aliphatic heterocycles. The summed E-state index contributed by atoms with van der Waals surface area (Å²) in [5.41, 5.74) is 3.27. The third-order valence-electron chi connectivity index (χ3n) is 5.35. The van der Waals surface area contributed by atoms with Crippen molar-refractivity contribution in [3.05, 3.63) is 53.6 Å². The maximum Gasteiger partial charge on any atom is 0.229 e. The van der Waals surface area contributed by atoms with Gasteiger partial charge in [0.25, 0.3) is 0 Å². The van der Waals surface area contributed by atoms with Crippen LogP contribution in [0.3, 0.4) is 0 Å². The number of nitrogens with one attached hydrogen (secondary N) is 1. The lowest BCUT2D eigenvalue weighted by Crippen LogP contribution is -2.14. The van der Waals surface area contributed by atoms with E-state index in [1.807, 2.05) is 0 Å². The second-order valence-electron chi connectivity index (χ2n) is 8.73. The van der Waals surface area contributed by atoms with Gasteiger partial charge in [-0.15, -0.1) is 0 Å². The molecule has 29 heavy (non-hydrogen) atoms. The number of fused-ring (bicyclic) bond motifs is 1. The van der Waals surface area contributed by atoms with Crippen LogP contribution >= 0.6 is 11.3 Å². The molecule has 152 valence electrons. The summed E-state index contributed by atoms with van der Waals surface area (Å²) in [4.78, 5) is 17.3. The van der Waals surface area contributed by atoms with Crippen molar-refractivity contribution in [3.8, 4) is 0 Å². The van der Waals surface area contributed by atoms with Crippen LogP contribution in [0, 0.1) is 5.92 Å². The number of anilines is 1. The summed E-state index contributed by atoms with van der Waals surface area (Å²) in [6.07, 6.45) is 2.02. The van der Waals surface area contributed by atoms with Crippen LogP contribution in [0.4, 0.5) is 5.13 Å². The van der Waals surface area contributed by atoms with Crippen LogP contribution in [-0.4, -0.2) is 25.6 Å². The van der Waals surface area contributed by atoms with Crippen molar-refractivity contribution in [2.45, 2.75) is 43.4 Å². The van der Waals surface area contributed by atoms with E-state index in [9.17, 15) is 13.2 Å². The first-order valence-electron chi connectivity index (χ1n) is 9.54. The summed E-state index contributed by atoms with van der Waals surface area (Å²) in [5.74, 6) is 0.168. The van der Waals surface area contributed by atoms with E-state index in [-0.39, 0.29) is 28.1 Å². The molecule has 1 aliphatic rings. The average molecular weight is 429 g/mol. The maximum absolute atomic E-state index is 12.6. The molecule has 0 spiro atoms. The van der Waals surface area contributed by atoms with Crippen LogP contribution in [0.15, 0.2) is 47.4 Å². The first-order chi connectivity index (χ1) is 13.5. The lowest BCUT2D eigenvalue weighted by molar-refractivity contribution is -0.117. The molecule has 1 aromatic heterocycles. The van der Waals surface area contributed by atoms with Crippen LogP contribution in [0.25, 0.3) is 10.2 Å². The molecule has 7 heteroatoms. The van der Waals surface area contributed by atoms with Gasteiger partial charge in [-0.2, -0.15) is 0 Å². The van der Waals surface area contributed by atoms with Gasteiger partial charge in [-0.25, -0.2) is 13.4 Å². The van der Waals surface area contributed by atoms with E-state index in [1.54, 1.807) is 18.2 Å². The first-order valence-corrected chi connectivity index (χ1v) is 12.2. The Morgan fingerprint density at radius 1 is 1.14 bits per heavy atom. The highest BCUT2D eigenvalue weighted by Gasteiger charge is 2.44.